The highest BCUT2D eigenvalue weighted by Crippen LogP contribution is 2.24. The van der Waals surface area contributed by atoms with Crippen LogP contribution in [0.15, 0.2) is 34.7 Å². The van der Waals surface area contributed by atoms with Gasteiger partial charge in [-0.1, -0.05) is 0 Å². The molecule has 1 N–H and O–H groups in total. The van der Waals surface area contributed by atoms with Gasteiger partial charge in [-0.15, -0.1) is 0 Å². The maximum absolute atomic E-state index is 12.8. The van der Waals surface area contributed by atoms with Gasteiger partial charge in [-0.3, -0.25) is 0 Å². The second kappa shape index (κ2) is 4.62. The lowest BCUT2D eigenvalue weighted by atomic mass is 10.1. The largest absolute Gasteiger partial charge is 0.466 e. The van der Waals surface area contributed by atoms with Crippen molar-refractivity contribution in [2.24, 2.45) is 0 Å². The summed E-state index contributed by atoms with van der Waals surface area (Å²) >= 11 is 0. The molecular formula is C14H16FNO. The molecule has 0 aliphatic rings. The monoisotopic (exact) mass is 233 g/mol. The zero-order chi connectivity index (χ0) is 12.4. The molecule has 2 rings (SSSR count). The Labute approximate surface area is 100 Å². The average Bonchev–Trinajstić information content (AvgIpc) is 2.61. The van der Waals surface area contributed by atoms with Crippen LogP contribution in [-0.4, -0.2) is 0 Å². The zero-order valence-electron chi connectivity index (χ0n) is 10.3. The first kappa shape index (κ1) is 11.7. The molecule has 0 amide bonds. The molecule has 1 aromatic carbocycles. The van der Waals surface area contributed by atoms with Gasteiger partial charge in [-0.2, -0.15) is 0 Å². The van der Waals surface area contributed by atoms with Crippen LogP contribution < -0.4 is 5.32 Å². The molecule has 0 bridgehead atoms. The van der Waals surface area contributed by atoms with Crippen molar-refractivity contribution < 1.29 is 8.81 Å². The first-order chi connectivity index (χ1) is 8.06. The summed E-state index contributed by atoms with van der Waals surface area (Å²) in [6.45, 7) is 5.94. The van der Waals surface area contributed by atoms with E-state index in [0.717, 1.165) is 22.8 Å². The molecule has 1 unspecified atom stereocenters. The van der Waals surface area contributed by atoms with Gasteiger partial charge < -0.3 is 9.73 Å². The molecule has 2 nitrogen and oxygen atoms in total. The van der Waals surface area contributed by atoms with Crippen LogP contribution in [0.4, 0.5) is 10.1 Å². The van der Waals surface area contributed by atoms with E-state index in [4.69, 9.17) is 4.42 Å². The molecule has 0 saturated heterocycles. The van der Waals surface area contributed by atoms with Crippen LogP contribution in [0.25, 0.3) is 0 Å². The molecule has 0 aliphatic carbocycles. The van der Waals surface area contributed by atoms with E-state index in [1.54, 1.807) is 12.1 Å². The summed E-state index contributed by atoms with van der Waals surface area (Å²) in [6.07, 6.45) is 0. The van der Waals surface area contributed by atoms with Crippen LogP contribution >= 0.6 is 0 Å². The molecular weight excluding hydrogens is 217 g/mol. The lowest BCUT2D eigenvalue weighted by Crippen LogP contribution is -2.06. The fourth-order valence-electron chi connectivity index (χ4n) is 1.95. The summed E-state index contributed by atoms with van der Waals surface area (Å²) in [5.41, 5.74) is 2.03. The maximum Gasteiger partial charge on any atom is 0.123 e. The van der Waals surface area contributed by atoms with Gasteiger partial charge in [-0.05, 0) is 51.1 Å². The van der Waals surface area contributed by atoms with Gasteiger partial charge in [-0.25, -0.2) is 4.39 Å². The molecule has 1 atom stereocenters. The first-order valence-corrected chi connectivity index (χ1v) is 5.65. The number of benzene rings is 1. The second-order valence-electron chi connectivity index (χ2n) is 4.24. The standard InChI is InChI=1S/C14H16FNO/c1-9-8-14(11(3)17-9)10(2)16-13-6-4-12(15)5-7-13/h4-8,10,16H,1-3H3. The highest BCUT2D eigenvalue weighted by Gasteiger charge is 2.12. The third-order valence-corrected chi connectivity index (χ3v) is 2.77. The highest BCUT2D eigenvalue weighted by atomic mass is 19.1. The Morgan fingerprint density at radius 3 is 2.35 bits per heavy atom. The summed E-state index contributed by atoms with van der Waals surface area (Å²) in [5, 5.41) is 3.31. The minimum atomic E-state index is -0.224. The lowest BCUT2D eigenvalue weighted by Gasteiger charge is -2.14. The van der Waals surface area contributed by atoms with E-state index < -0.39 is 0 Å². The first-order valence-electron chi connectivity index (χ1n) is 5.65. The minimum Gasteiger partial charge on any atom is -0.466 e. The molecule has 0 radical (unpaired) electrons. The second-order valence-corrected chi connectivity index (χ2v) is 4.24. The molecule has 17 heavy (non-hydrogen) atoms. The predicted molar refractivity (Wildman–Crippen MR) is 66.6 cm³/mol. The Balaban J connectivity index is 2.14. The van der Waals surface area contributed by atoms with Crippen molar-refractivity contribution in [3.8, 4) is 0 Å². The minimum absolute atomic E-state index is 0.137. The number of nitrogens with one attached hydrogen (secondary N) is 1. The van der Waals surface area contributed by atoms with Crippen molar-refractivity contribution >= 4 is 5.69 Å². The topological polar surface area (TPSA) is 25.2 Å². The number of hydrogen-bond donors (Lipinski definition) is 1. The summed E-state index contributed by atoms with van der Waals surface area (Å²) in [4.78, 5) is 0. The summed E-state index contributed by atoms with van der Waals surface area (Å²) in [7, 11) is 0. The van der Waals surface area contributed by atoms with Crippen molar-refractivity contribution in [2.75, 3.05) is 5.32 Å². The highest BCUT2D eigenvalue weighted by molar-refractivity contribution is 5.45. The molecule has 1 heterocycles. The summed E-state index contributed by atoms with van der Waals surface area (Å²) < 4.78 is 18.3. The van der Waals surface area contributed by atoms with E-state index in [0.29, 0.717) is 0 Å². The van der Waals surface area contributed by atoms with Crippen LogP contribution in [0.2, 0.25) is 0 Å². The molecule has 2 aromatic rings. The third-order valence-electron chi connectivity index (χ3n) is 2.77. The quantitative estimate of drug-likeness (QED) is 0.859. The molecule has 3 heteroatoms. The van der Waals surface area contributed by atoms with Gasteiger partial charge in [0.1, 0.15) is 17.3 Å². The summed E-state index contributed by atoms with van der Waals surface area (Å²) in [6, 6.07) is 8.52. The fraction of sp³-hybridized carbons (Fsp3) is 0.286. The van der Waals surface area contributed by atoms with Crippen LogP contribution in [0, 0.1) is 19.7 Å². The molecule has 0 spiro atoms. The van der Waals surface area contributed by atoms with Gasteiger partial charge in [0.25, 0.3) is 0 Å². The van der Waals surface area contributed by atoms with Crippen molar-refractivity contribution in [1.29, 1.82) is 0 Å². The SMILES string of the molecule is Cc1cc(C(C)Nc2ccc(F)cc2)c(C)o1. The van der Waals surface area contributed by atoms with E-state index >= 15 is 0 Å². The number of anilines is 1. The number of furan rings is 1. The van der Waals surface area contributed by atoms with E-state index in [1.165, 1.54) is 12.1 Å². The van der Waals surface area contributed by atoms with Crippen LogP contribution in [0.1, 0.15) is 30.0 Å². The molecule has 0 aliphatic heterocycles. The Morgan fingerprint density at radius 2 is 1.82 bits per heavy atom. The smallest absolute Gasteiger partial charge is 0.123 e. The van der Waals surface area contributed by atoms with Crippen LogP contribution in [0.5, 0.6) is 0 Å². The molecule has 0 fully saturated rings. The van der Waals surface area contributed by atoms with Crippen molar-refractivity contribution in [3.05, 3.63) is 53.2 Å². The summed E-state index contributed by atoms with van der Waals surface area (Å²) in [5.74, 6) is 1.61. The lowest BCUT2D eigenvalue weighted by molar-refractivity contribution is 0.500. The number of aryl methyl sites for hydroxylation is 2. The molecule has 1 aromatic heterocycles. The zero-order valence-corrected chi connectivity index (χ0v) is 10.3. The van der Waals surface area contributed by atoms with Gasteiger partial charge >= 0.3 is 0 Å². The maximum atomic E-state index is 12.8. The number of halogens is 1. The van der Waals surface area contributed by atoms with Crippen molar-refractivity contribution in [2.45, 2.75) is 26.8 Å². The number of rotatable bonds is 3. The Kier molecular flexibility index (Phi) is 3.18. The van der Waals surface area contributed by atoms with E-state index in [1.807, 2.05) is 19.9 Å². The Bertz CT molecular complexity index is 501. The van der Waals surface area contributed by atoms with Crippen molar-refractivity contribution in [1.82, 2.24) is 0 Å². The van der Waals surface area contributed by atoms with E-state index in [-0.39, 0.29) is 11.9 Å². The average molecular weight is 233 g/mol. The predicted octanol–water partition coefficient (Wildman–Crippen LogP) is 4.21. The van der Waals surface area contributed by atoms with Gasteiger partial charge in [0.05, 0.1) is 6.04 Å². The normalized spacial score (nSPS) is 12.5. The molecule has 90 valence electrons. The van der Waals surface area contributed by atoms with Gasteiger partial charge in [0, 0.05) is 11.3 Å². The van der Waals surface area contributed by atoms with Crippen molar-refractivity contribution in [3.63, 3.8) is 0 Å². The van der Waals surface area contributed by atoms with E-state index in [9.17, 15) is 4.39 Å². The van der Waals surface area contributed by atoms with Gasteiger partial charge in [0.2, 0.25) is 0 Å². The van der Waals surface area contributed by atoms with Crippen LogP contribution in [-0.2, 0) is 0 Å². The fourth-order valence-corrected chi connectivity index (χ4v) is 1.95. The third kappa shape index (κ3) is 2.67. The van der Waals surface area contributed by atoms with Gasteiger partial charge in [0.15, 0.2) is 0 Å². The van der Waals surface area contributed by atoms with Crippen LogP contribution in [0.3, 0.4) is 0 Å². The number of hydrogen-bond acceptors (Lipinski definition) is 2. The van der Waals surface area contributed by atoms with E-state index in [2.05, 4.69) is 12.2 Å². The molecule has 0 saturated carbocycles. The Hall–Kier alpha value is -1.77. The Morgan fingerprint density at radius 1 is 1.18 bits per heavy atom.